The molecule has 0 amide bonds. The van der Waals surface area contributed by atoms with Crippen LogP contribution in [0.5, 0.6) is 5.75 Å². The van der Waals surface area contributed by atoms with Crippen molar-refractivity contribution < 1.29 is 9.66 Å². The molecule has 0 aromatic heterocycles. The van der Waals surface area contributed by atoms with Crippen LogP contribution in [0, 0.1) is 16.0 Å². The van der Waals surface area contributed by atoms with Gasteiger partial charge in [0.25, 0.3) is 0 Å². The van der Waals surface area contributed by atoms with E-state index in [9.17, 15) is 10.1 Å². The molecule has 0 saturated carbocycles. The Labute approximate surface area is 113 Å². The minimum atomic E-state index is -0.440. The van der Waals surface area contributed by atoms with E-state index in [0.29, 0.717) is 18.2 Å². The van der Waals surface area contributed by atoms with Gasteiger partial charge >= 0.3 is 5.69 Å². The van der Waals surface area contributed by atoms with Crippen LogP contribution in [0.2, 0.25) is 0 Å². The first-order valence-electron chi connectivity index (χ1n) is 6.27. The number of benzene rings is 1. The summed E-state index contributed by atoms with van der Waals surface area (Å²) in [7, 11) is 1.42. The Morgan fingerprint density at radius 1 is 1.47 bits per heavy atom. The molecule has 106 valence electrons. The van der Waals surface area contributed by atoms with E-state index in [-0.39, 0.29) is 17.5 Å². The fraction of sp³-hybridized carbons (Fsp3) is 0.538. The van der Waals surface area contributed by atoms with Gasteiger partial charge in [-0.05, 0) is 24.5 Å². The third kappa shape index (κ3) is 4.10. The quantitative estimate of drug-likeness (QED) is 0.584. The number of rotatable bonds is 7. The van der Waals surface area contributed by atoms with Crippen LogP contribution in [0.25, 0.3) is 0 Å². The van der Waals surface area contributed by atoms with E-state index in [1.54, 1.807) is 18.2 Å². The number of nitro benzene ring substituents is 1. The Morgan fingerprint density at radius 3 is 2.63 bits per heavy atom. The van der Waals surface area contributed by atoms with Crippen LogP contribution in [-0.2, 0) is 0 Å². The van der Waals surface area contributed by atoms with Crippen molar-refractivity contribution in [2.45, 2.75) is 26.3 Å². The van der Waals surface area contributed by atoms with E-state index < -0.39 is 4.92 Å². The molecular weight excluding hydrogens is 246 g/mol. The number of nitro groups is 1. The lowest BCUT2D eigenvalue weighted by atomic mass is 10.0. The summed E-state index contributed by atoms with van der Waals surface area (Å²) in [6.45, 7) is 4.60. The second kappa shape index (κ2) is 6.94. The molecule has 0 fully saturated rings. The van der Waals surface area contributed by atoms with Gasteiger partial charge in [-0.3, -0.25) is 10.1 Å². The molecule has 3 N–H and O–H groups in total. The van der Waals surface area contributed by atoms with E-state index >= 15 is 0 Å². The summed E-state index contributed by atoms with van der Waals surface area (Å²) < 4.78 is 5.03. The molecule has 1 aromatic rings. The Bertz CT molecular complexity index is 435. The van der Waals surface area contributed by atoms with Gasteiger partial charge in [-0.2, -0.15) is 0 Å². The maximum absolute atomic E-state index is 11.1. The molecule has 0 saturated heterocycles. The molecule has 0 heterocycles. The standard InChI is InChI=1S/C13H21N3O3/c1-9(2)7-10(8-14)15-11-5-4-6-12(19-3)13(11)16(17)18/h4-6,9-10,15H,7-8,14H2,1-3H3. The molecule has 0 aliphatic heterocycles. The molecule has 1 atom stereocenters. The topological polar surface area (TPSA) is 90.4 Å². The lowest BCUT2D eigenvalue weighted by molar-refractivity contribution is -0.384. The maximum atomic E-state index is 11.1. The van der Waals surface area contributed by atoms with Gasteiger partial charge in [0, 0.05) is 12.6 Å². The Kier molecular flexibility index (Phi) is 5.57. The highest BCUT2D eigenvalue weighted by Gasteiger charge is 2.22. The third-order valence-corrected chi connectivity index (χ3v) is 2.80. The van der Waals surface area contributed by atoms with Gasteiger partial charge in [0.05, 0.1) is 12.0 Å². The normalized spacial score (nSPS) is 12.3. The van der Waals surface area contributed by atoms with Crippen LogP contribution in [0.15, 0.2) is 18.2 Å². The van der Waals surface area contributed by atoms with Crippen molar-refractivity contribution in [1.82, 2.24) is 0 Å². The molecule has 6 nitrogen and oxygen atoms in total. The summed E-state index contributed by atoms with van der Waals surface area (Å²) in [5.41, 5.74) is 6.10. The van der Waals surface area contributed by atoms with E-state index in [4.69, 9.17) is 10.5 Å². The van der Waals surface area contributed by atoms with Gasteiger partial charge in [0.15, 0.2) is 5.75 Å². The van der Waals surface area contributed by atoms with Gasteiger partial charge in [-0.1, -0.05) is 19.9 Å². The first kappa shape index (κ1) is 15.2. The Morgan fingerprint density at radius 2 is 2.16 bits per heavy atom. The molecule has 0 aliphatic carbocycles. The molecule has 6 heteroatoms. The fourth-order valence-corrected chi connectivity index (χ4v) is 1.99. The van der Waals surface area contributed by atoms with Crippen molar-refractivity contribution in [1.29, 1.82) is 0 Å². The lowest BCUT2D eigenvalue weighted by Gasteiger charge is -2.20. The van der Waals surface area contributed by atoms with E-state index in [1.165, 1.54) is 7.11 Å². The SMILES string of the molecule is COc1cccc(NC(CN)CC(C)C)c1[N+](=O)[O-]. The predicted octanol–water partition coefficient (Wildman–Crippen LogP) is 2.39. The average Bonchev–Trinajstić information content (AvgIpc) is 2.36. The fourth-order valence-electron chi connectivity index (χ4n) is 1.99. The van der Waals surface area contributed by atoms with Gasteiger partial charge < -0.3 is 15.8 Å². The Hall–Kier alpha value is -1.82. The van der Waals surface area contributed by atoms with Crippen LogP contribution in [0.4, 0.5) is 11.4 Å². The molecule has 0 aliphatic rings. The predicted molar refractivity (Wildman–Crippen MR) is 75.6 cm³/mol. The highest BCUT2D eigenvalue weighted by molar-refractivity contribution is 5.68. The van der Waals surface area contributed by atoms with Crippen molar-refractivity contribution in [3.05, 3.63) is 28.3 Å². The highest BCUT2D eigenvalue weighted by Crippen LogP contribution is 2.35. The zero-order valence-electron chi connectivity index (χ0n) is 11.6. The van der Waals surface area contributed by atoms with Crippen LogP contribution >= 0.6 is 0 Å². The first-order valence-corrected chi connectivity index (χ1v) is 6.27. The number of nitrogens with zero attached hydrogens (tertiary/aromatic N) is 1. The molecule has 0 spiro atoms. The van der Waals surface area contributed by atoms with Crippen LogP contribution in [-0.4, -0.2) is 24.6 Å². The molecule has 1 unspecified atom stereocenters. The summed E-state index contributed by atoms with van der Waals surface area (Å²) in [6.07, 6.45) is 0.852. The van der Waals surface area contributed by atoms with Crippen molar-refractivity contribution in [2.75, 3.05) is 19.0 Å². The molecule has 0 bridgehead atoms. The summed E-state index contributed by atoms with van der Waals surface area (Å²) in [5.74, 6) is 0.709. The van der Waals surface area contributed by atoms with Crippen molar-refractivity contribution in [2.24, 2.45) is 11.7 Å². The number of ether oxygens (including phenoxy) is 1. The van der Waals surface area contributed by atoms with Crippen molar-refractivity contribution >= 4 is 11.4 Å². The van der Waals surface area contributed by atoms with Crippen LogP contribution in [0.1, 0.15) is 20.3 Å². The van der Waals surface area contributed by atoms with Gasteiger partial charge in [-0.15, -0.1) is 0 Å². The van der Waals surface area contributed by atoms with Crippen molar-refractivity contribution in [3.8, 4) is 5.75 Å². The number of nitrogens with one attached hydrogen (secondary N) is 1. The largest absolute Gasteiger partial charge is 0.490 e. The first-order chi connectivity index (χ1) is 8.99. The summed E-state index contributed by atoms with van der Waals surface area (Å²) in [6, 6.07) is 4.97. The third-order valence-electron chi connectivity index (χ3n) is 2.80. The van der Waals surface area contributed by atoms with Crippen LogP contribution < -0.4 is 15.8 Å². The van der Waals surface area contributed by atoms with Gasteiger partial charge in [-0.25, -0.2) is 0 Å². The summed E-state index contributed by atoms with van der Waals surface area (Å²) in [4.78, 5) is 10.7. The van der Waals surface area contributed by atoms with E-state index in [1.807, 2.05) is 0 Å². The minimum Gasteiger partial charge on any atom is -0.490 e. The molecule has 1 rings (SSSR count). The minimum absolute atomic E-state index is 0.00538. The second-order valence-electron chi connectivity index (χ2n) is 4.82. The monoisotopic (exact) mass is 267 g/mol. The average molecular weight is 267 g/mol. The second-order valence-corrected chi connectivity index (χ2v) is 4.82. The highest BCUT2D eigenvalue weighted by atomic mass is 16.6. The number of methoxy groups -OCH3 is 1. The smallest absolute Gasteiger partial charge is 0.333 e. The van der Waals surface area contributed by atoms with Crippen molar-refractivity contribution in [3.63, 3.8) is 0 Å². The zero-order chi connectivity index (χ0) is 14.4. The summed E-state index contributed by atoms with van der Waals surface area (Å²) in [5, 5.41) is 14.3. The van der Waals surface area contributed by atoms with Gasteiger partial charge in [0.2, 0.25) is 0 Å². The number of para-hydroxylation sites is 1. The van der Waals surface area contributed by atoms with E-state index in [0.717, 1.165) is 6.42 Å². The van der Waals surface area contributed by atoms with Gasteiger partial charge in [0.1, 0.15) is 5.69 Å². The number of anilines is 1. The number of nitrogens with two attached hydrogens (primary N) is 1. The number of hydrogen-bond donors (Lipinski definition) is 2. The Balaban J connectivity index is 3.02. The molecule has 1 aromatic carbocycles. The molecule has 19 heavy (non-hydrogen) atoms. The van der Waals surface area contributed by atoms with Crippen LogP contribution in [0.3, 0.4) is 0 Å². The number of hydrogen-bond acceptors (Lipinski definition) is 5. The maximum Gasteiger partial charge on any atom is 0.333 e. The van der Waals surface area contributed by atoms with E-state index in [2.05, 4.69) is 19.2 Å². The molecular formula is C13H21N3O3. The molecule has 0 radical (unpaired) electrons. The zero-order valence-corrected chi connectivity index (χ0v) is 11.6. The summed E-state index contributed by atoms with van der Waals surface area (Å²) >= 11 is 0. The lowest BCUT2D eigenvalue weighted by Crippen LogP contribution is -2.30.